The lowest BCUT2D eigenvalue weighted by Gasteiger charge is -2.65. The van der Waals surface area contributed by atoms with E-state index in [1.165, 1.54) is 12.5 Å². The van der Waals surface area contributed by atoms with Crippen LogP contribution < -0.4 is 4.74 Å². The average Bonchev–Trinajstić information content (AvgIpc) is 3.36. The van der Waals surface area contributed by atoms with Gasteiger partial charge in [-0.25, -0.2) is 0 Å². The zero-order chi connectivity index (χ0) is 30.6. The lowest BCUT2D eigenvalue weighted by atomic mass is 9.48. The topological polar surface area (TPSA) is 79.3 Å². The molecule has 2 aliphatic heterocycles. The number of likely N-dealkylation sites (N-methyl/N-ethyl adjacent to an activating group) is 1. The molecular formula is C37H40N2O5. The minimum absolute atomic E-state index is 0.0406. The van der Waals surface area contributed by atoms with E-state index in [2.05, 4.69) is 29.2 Å². The predicted octanol–water partition coefficient (Wildman–Crippen LogP) is 5.21. The number of carbonyl (C=O) groups excluding carboxylic acids is 2. The van der Waals surface area contributed by atoms with Gasteiger partial charge in [0.25, 0.3) is 0 Å². The van der Waals surface area contributed by atoms with E-state index in [9.17, 15) is 14.7 Å². The Morgan fingerprint density at radius 3 is 2.70 bits per heavy atom. The maximum atomic E-state index is 13.6. The first-order chi connectivity index (χ1) is 21.2. The van der Waals surface area contributed by atoms with Crippen molar-refractivity contribution < 1.29 is 24.2 Å². The first-order valence-electron chi connectivity index (χ1n) is 15.7. The number of phenolic OH excluding ortho intramolecular Hbond substituents is 1. The number of hydrogen-bond donors (Lipinski definition) is 1. The first-order valence-corrected chi connectivity index (χ1v) is 15.7. The number of carbonyl (C=O) groups is 2. The quantitative estimate of drug-likeness (QED) is 0.300. The van der Waals surface area contributed by atoms with E-state index >= 15 is 0 Å². The summed E-state index contributed by atoms with van der Waals surface area (Å²) in [6.07, 6.45) is 6.57. The number of benzene rings is 3. The van der Waals surface area contributed by atoms with Crippen molar-refractivity contribution in [1.82, 2.24) is 9.80 Å². The third-order valence-electron chi connectivity index (χ3n) is 10.7. The lowest BCUT2D eigenvalue weighted by molar-refractivity contribution is -0.223. The summed E-state index contributed by atoms with van der Waals surface area (Å²) in [5, 5.41) is 11.1. The largest absolute Gasteiger partial charge is 0.504 e. The molecule has 2 aliphatic carbocycles. The Morgan fingerprint density at radius 2 is 1.93 bits per heavy atom. The molecular weight excluding hydrogens is 552 g/mol. The van der Waals surface area contributed by atoms with Gasteiger partial charge in [-0.05, 0) is 74.4 Å². The zero-order valence-corrected chi connectivity index (χ0v) is 25.7. The Balaban J connectivity index is 1.27. The molecule has 1 amide bonds. The molecule has 3 aromatic rings. The normalized spacial score (nSPS) is 28.3. The number of esters is 1. The van der Waals surface area contributed by atoms with Crippen molar-refractivity contribution in [3.05, 3.63) is 101 Å². The van der Waals surface area contributed by atoms with Crippen LogP contribution in [0.15, 0.2) is 72.8 Å². The number of phenols is 1. The Hall–Kier alpha value is -4.10. The summed E-state index contributed by atoms with van der Waals surface area (Å²) in [5.41, 5.74) is 3.99. The highest BCUT2D eigenvalue weighted by Gasteiger charge is 2.75. The number of rotatable bonds is 7. The van der Waals surface area contributed by atoms with Crippen molar-refractivity contribution in [2.45, 2.75) is 75.2 Å². The maximum absolute atomic E-state index is 13.6. The van der Waals surface area contributed by atoms with Crippen molar-refractivity contribution in [1.29, 1.82) is 0 Å². The number of hydrogen-bond acceptors (Lipinski definition) is 6. The molecule has 7 rings (SSSR count). The second-order valence-corrected chi connectivity index (χ2v) is 13.0. The molecule has 2 bridgehead atoms. The summed E-state index contributed by atoms with van der Waals surface area (Å²) in [7, 11) is 1.84. The number of aryl methyl sites for hydroxylation is 1. The van der Waals surface area contributed by atoms with Gasteiger partial charge in [-0.2, -0.15) is 0 Å². The van der Waals surface area contributed by atoms with Crippen LogP contribution in [0.5, 0.6) is 11.5 Å². The number of nitrogens with zero attached hydrogens (tertiary/aromatic N) is 2. The Kier molecular flexibility index (Phi) is 7.04. The number of likely N-dealkylation sites (tertiary alicyclic amines) is 1. The molecule has 5 atom stereocenters. The van der Waals surface area contributed by atoms with E-state index in [0.717, 1.165) is 41.8 Å². The van der Waals surface area contributed by atoms with Crippen LogP contribution in [0.25, 0.3) is 6.08 Å². The summed E-state index contributed by atoms with van der Waals surface area (Å²) in [6, 6.07) is 22.0. The fourth-order valence-corrected chi connectivity index (χ4v) is 8.84. The van der Waals surface area contributed by atoms with E-state index in [1.807, 2.05) is 56.4 Å². The van der Waals surface area contributed by atoms with E-state index in [4.69, 9.17) is 9.47 Å². The third kappa shape index (κ3) is 4.35. The Labute approximate surface area is 259 Å². The van der Waals surface area contributed by atoms with Crippen molar-refractivity contribution in [2.75, 3.05) is 20.1 Å². The first kappa shape index (κ1) is 28.7. The van der Waals surface area contributed by atoms with Crippen molar-refractivity contribution in [2.24, 2.45) is 0 Å². The molecule has 2 unspecified atom stereocenters. The molecule has 1 saturated heterocycles. The summed E-state index contributed by atoms with van der Waals surface area (Å²) in [4.78, 5) is 30.9. The van der Waals surface area contributed by atoms with Crippen LogP contribution in [-0.2, 0) is 32.6 Å². The standard InChI is InChI=1S/C37H40N2O5/c1-24-8-7-11-27(22-24)12-15-32(42)38(3)29-16-18-37(44-25(2)40)31-23-28-13-14-30(41)34-33(28)36(37,35(29)43-34)19-21-39(31)20-17-26-9-5-4-6-10-26/h4-15,22,29,31,35,41H,16-21,23H2,1-3H3/b15-12+/t29?,31-,35?,36+,37-/m1/s1. The highest BCUT2D eigenvalue weighted by Crippen LogP contribution is 2.67. The molecule has 1 saturated carbocycles. The number of piperidine rings is 1. The molecule has 0 aromatic heterocycles. The molecule has 0 radical (unpaired) electrons. The molecule has 7 nitrogen and oxygen atoms in total. The van der Waals surface area contributed by atoms with Gasteiger partial charge in [-0.1, -0.05) is 66.2 Å². The van der Waals surface area contributed by atoms with Gasteiger partial charge < -0.3 is 19.5 Å². The van der Waals surface area contributed by atoms with E-state index in [0.29, 0.717) is 31.4 Å². The average molecular weight is 593 g/mol. The lowest BCUT2D eigenvalue weighted by Crippen LogP contribution is -2.79. The summed E-state index contributed by atoms with van der Waals surface area (Å²) in [6.45, 7) is 5.19. The minimum atomic E-state index is -0.831. The molecule has 3 aromatic carbocycles. The van der Waals surface area contributed by atoms with Crippen LogP contribution in [0, 0.1) is 6.92 Å². The molecule has 7 heteroatoms. The van der Waals surface area contributed by atoms with Gasteiger partial charge in [-0.3, -0.25) is 14.5 Å². The van der Waals surface area contributed by atoms with Gasteiger partial charge in [0.05, 0.1) is 17.5 Å². The smallest absolute Gasteiger partial charge is 0.303 e. The number of ether oxygens (including phenoxy) is 2. The van der Waals surface area contributed by atoms with Crippen molar-refractivity contribution in [3.63, 3.8) is 0 Å². The van der Waals surface area contributed by atoms with E-state index < -0.39 is 17.1 Å². The molecule has 228 valence electrons. The van der Waals surface area contributed by atoms with Crippen molar-refractivity contribution >= 4 is 18.0 Å². The second kappa shape index (κ2) is 10.8. The third-order valence-corrected chi connectivity index (χ3v) is 10.7. The van der Waals surface area contributed by atoms with Crippen LogP contribution in [0.4, 0.5) is 0 Å². The maximum Gasteiger partial charge on any atom is 0.303 e. The van der Waals surface area contributed by atoms with Gasteiger partial charge in [0, 0.05) is 32.2 Å². The van der Waals surface area contributed by atoms with Gasteiger partial charge >= 0.3 is 5.97 Å². The molecule has 2 heterocycles. The van der Waals surface area contributed by atoms with Crippen LogP contribution >= 0.6 is 0 Å². The fourth-order valence-electron chi connectivity index (χ4n) is 8.84. The number of aromatic hydroxyl groups is 1. The van der Waals surface area contributed by atoms with Gasteiger partial charge in [0.2, 0.25) is 5.91 Å². The zero-order valence-electron chi connectivity index (χ0n) is 25.7. The summed E-state index contributed by atoms with van der Waals surface area (Å²) >= 11 is 0. The Morgan fingerprint density at radius 1 is 1.11 bits per heavy atom. The van der Waals surface area contributed by atoms with Gasteiger partial charge in [0.15, 0.2) is 11.5 Å². The van der Waals surface area contributed by atoms with Crippen LogP contribution in [0.2, 0.25) is 0 Å². The summed E-state index contributed by atoms with van der Waals surface area (Å²) < 4.78 is 13.3. The van der Waals surface area contributed by atoms with Crippen LogP contribution in [0.3, 0.4) is 0 Å². The SMILES string of the molecule is CC(=O)O[C@@]12CCC(N(C)C(=O)/C=C/c3cccc(C)c3)C3Oc4c(O)ccc5c4[C@@]31CCN(CCc1ccccc1)[C@@H]2C5. The number of amides is 1. The van der Waals surface area contributed by atoms with Crippen LogP contribution in [-0.4, -0.2) is 70.7 Å². The molecule has 2 fully saturated rings. The molecule has 1 spiro atoms. The van der Waals surface area contributed by atoms with E-state index in [1.54, 1.807) is 17.0 Å². The minimum Gasteiger partial charge on any atom is -0.504 e. The predicted molar refractivity (Wildman–Crippen MR) is 169 cm³/mol. The highest BCUT2D eigenvalue weighted by atomic mass is 16.6. The van der Waals surface area contributed by atoms with Crippen molar-refractivity contribution in [3.8, 4) is 11.5 Å². The molecule has 44 heavy (non-hydrogen) atoms. The Bertz CT molecular complexity index is 1640. The van der Waals surface area contributed by atoms with Gasteiger partial charge in [0.1, 0.15) is 11.7 Å². The molecule has 4 aliphatic rings. The fraction of sp³-hybridized carbons (Fsp3) is 0.405. The second-order valence-electron chi connectivity index (χ2n) is 13.0. The van der Waals surface area contributed by atoms with Crippen LogP contribution in [0.1, 0.15) is 54.0 Å². The molecule has 1 N–H and O–H groups in total. The van der Waals surface area contributed by atoms with E-state index in [-0.39, 0.29) is 29.7 Å². The highest BCUT2D eigenvalue weighted by molar-refractivity contribution is 5.92. The summed E-state index contributed by atoms with van der Waals surface area (Å²) in [5.74, 6) is 0.174. The monoisotopic (exact) mass is 592 g/mol. The van der Waals surface area contributed by atoms with Gasteiger partial charge in [-0.15, -0.1) is 0 Å².